The quantitative estimate of drug-likeness (QED) is 0.0847. The molecular weight excluding hydrogens is 976 g/mol. The fourth-order valence-corrected chi connectivity index (χ4v) is 7.09. The van der Waals surface area contributed by atoms with Gasteiger partial charge in [-0.25, -0.2) is 0 Å². The van der Waals surface area contributed by atoms with Gasteiger partial charge in [0.25, 0.3) is 0 Å². The molecule has 378 valence electrons. The van der Waals surface area contributed by atoms with Crippen LogP contribution >= 0.6 is 15.9 Å². The Morgan fingerprint density at radius 1 is 0.388 bits per heavy atom. The second-order valence-electron chi connectivity index (χ2n) is 14.3. The molecule has 3 aliphatic rings. The summed E-state index contributed by atoms with van der Waals surface area (Å²) in [4.78, 5) is 126. The van der Waals surface area contributed by atoms with E-state index in [1.54, 1.807) is 0 Å². The summed E-state index contributed by atoms with van der Waals surface area (Å²) in [7, 11) is 0. The minimum absolute atomic E-state index is 0.0695. The first-order valence-corrected chi connectivity index (χ1v) is 21.0. The number of rotatable bonds is 20. The first-order chi connectivity index (χ1) is 33.6. The summed E-state index contributed by atoms with van der Waals surface area (Å²) in [6.07, 6.45) is -28.3. The van der Waals surface area contributed by atoms with Crippen LogP contribution in [0.5, 0.6) is 0 Å². The van der Waals surface area contributed by atoms with Crippen LogP contribution in [-0.2, 0) is 124 Å². The molecule has 1 unspecified atom stereocenters. The van der Waals surface area contributed by atoms with Crippen LogP contribution < -0.4 is 0 Å². The minimum Gasteiger partial charge on any atom is -0.463 e. The van der Waals surface area contributed by atoms with Gasteiger partial charge in [0.2, 0.25) is 0 Å². The molecule has 3 rings (SSSR count). The number of ether oxygens (including phenoxy) is 16. The molecule has 15 atom stereocenters. The first kappa shape index (κ1) is 49.8. The van der Waals surface area contributed by atoms with Crippen molar-refractivity contribution in [1.29, 1.82) is 0 Å². The Morgan fingerprint density at radius 2 is 0.687 bits per heavy atom. The third-order valence-corrected chi connectivity index (χ3v) is 9.36. The highest BCUT2D eigenvalue weighted by atomic mass is 79.9. The third-order valence-electron chi connectivity index (χ3n) is 9.04. The van der Waals surface area contributed by atoms with E-state index in [9.17, 15) is 47.9 Å². The Hall–Kier alpha value is -5.06. The fraction of sp³-hybridized carbons (Fsp3) is 0.750. The summed E-state index contributed by atoms with van der Waals surface area (Å²) in [5.41, 5.74) is 0. The van der Waals surface area contributed by atoms with Gasteiger partial charge >= 0.3 is 59.7 Å². The molecule has 67 heavy (non-hydrogen) atoms. The van der Waals surface area contributed by atoms with E-state index < -0.39 is 199 Å². The molecule has 26 nitrogen and oxygen atoms in total. The smallest absolute Gasteiger partial charge is 0.303 e. The molecule has 27 heteroatoms. The van der Waals surface area contributed by atoms with Crippen LogP contribution in [0.1, 0.15) is 74.6 Å². The maximum atomic E-state index is 13.1. The van der Waals surface area contributed by atoms with E-state index >= 15 is 0 Å². The van der Waals surface area contributed by atoms with Crippen molar-refractivity contribution in [3.63, 3.8) is 0 Å². The predicted octanol–water partition coefficient (Wildman–Crippen LogP) is -0.446. The molecule has 3 heterocycles. The fourth-order valence-electron chi connectivity index (χ4n) is 6.91. The number of hydrogen-bond donors (Lipinski definition) is 0. The molecule has 0 bridgehead atoms. The van der Waals surface area contributed by atoms with Crippen molar-refractivity contribution in [1.82, 2.24) is 0 Å². The number of alkyl halides is 1. The van der Waals surface area contributed by atoms with Gasteiger partial charge in [-0.3, -0.25) is 47.9 Å². The number of carbonyl (C=O) groups is 10. The summed E-state index contributed by atoms with van der Waals surface area (Å²) in [6.45, 7) is -0.822. The van der Waals surface area contributed by atoms with Gasteiger partial charge in [0.15, 0.2) is 61.6 Å². The van der Waals surface area contributed by atoms with Crippen LogP contribution in [0, 0.1) is 0 Å². The minimum atomic E-state index is -2.21. The molecule has 3 aliphatic heterocycles. The van der Waals surface area contributed by atoms with Crippen LogP contribution in [0.3, 0.4) is 0 Å². The highest BCUT2D eigenvalue weighted by Crippen LogP contribution is 2.38. The molecule has 0 saturated carbocycles. The first-order valence-electron chi connectivity index (χ1n) is 22.7. The Labute approximate surface area is 397 Å². The van der Waals surface area contributed by atoms with E-state index in [1.807, 2.05) is 0 Å². The zero-order valence-electron chi connectivity index (χ0n) is 41.0. The largest absolute Gasteiger partial charge is 0.463 e. The highest BCUT2D eigenvalue weighted by Gasteiger charge is 2.60. The van der Waals surface area contributed by atoms with Crippen molar-refractivity contribution in [2.75, 3.05) is 31.8 Å². The zero-order chi connectivity index (χ0) is 53.1. The van der Waals surface area contributed by atoms with Crippen molar-refractivity contribution in [2.45, 2.75) is 161 Å². The molecule has 3 fully saturated rings. The number of halogens is 1. The number of carbonyl (C=O) groups excluding carboxylic acids is 10. The Bertz CT molecular complexity index is 1880. The van der Waals surface area contributed by atoms with Crippen LogP contribution in [0.15, 0.2) is 0 Å². The second-order valence-corrected chi connectivity index (χ2v) is 15.1. The maximum absolute atomic E-state index is 13.1. The van der Waals surface area contributed by atoms with E-state index in [1.165, 1.54) is 0 Å². The van der Waals surface area contributed by atoms with Gasteiger partial charge in [-0.05, 0) is 0 Å². The van der Waals surface area contributed by atoms with Crippen molar-refractivity contribution < 1.29 is 129 Å². The molecule has 0 spiro atoms. The lowest BCUT2D eigenvalue weighted by Gasteiger charge is -2.50. The van der Waals surface area contributed by atoms with Crippen molar-refractivity contribution >= 4 is 75.6 Å². The molecular formula is C40H55BrO26. The van der Waals surface area contributed by atoms with Gasteiger partial charge in [-0.1, -0.05) is 15.9 Å². The average Bonchev–Trinajstić information content (AvgIpc) is 3.30. The van der Waals surface area contributed by atoms with Gasteiger partial charge < -0.3 is 75.8 Å². The lowest BCUT2D eigenvalue weighted by atomic mass is 9.95. The van der Waals surface area contributed by atoms with Gasteiger partial charge in [0, 0.05) is 80.0 Å². The second kappa shape index (κ2) is 26.5. The van der Waals surface area contributed by atoms with Crippen LogP contribution in [-0.4, -0.2) is 184 Å². The van der Waals surface area contributed by atoms with E-state index in [0.717, 1.165) is 41.5 Å². The summed E-state index contributed by atoms with van der Waals surface area (Å²) in [5, 5.41) is 0.229. The number of esters is 10. The highest BCUT2D eigenvalue weighted by molar-refractivity contribution is 9.09. The van der Waals surface area contributed by atoms with E-state index in [2.05, 4.69) is 15.9 Å². The Morgan fingerprint density at radius 3 is 1.06 bits per heavy atom. The Kier molecular flexibility index (Phi) is 19.7. The molecule has 0 aliphatic carbocycles. The van der Waals surface area contributed by atoms with Gasteiger partial charge in [0.05, 0.1) is 6.61 Å². The SMILES string of the molecule is [2H]CC(=O)OC[C@H]1OC(O[C@@H]2[C@H](OC(C)=O)[C@@H](OC(C)=O)[C@H](O[C@H]3[C@H](OC(C)=O)[C@@H](OC(C)=O)[C@H](OCCBr)O[C@@H]3COC(C)=O)O[C@@H]2COC(C)=O)[C@H](OC(=O)C[2H])[C@@H](OC(=O)C[2H])[C@H]1OC(=O)C[2H]. The standard InChI is InChI=1S/C40H55BrO26/c1-16(42)53-13-26-29(56-19(4)45)32(57-20(5)46)36(61-24(9)50)39(64-26)67-31-28(15-55-18(3)44)65-40(37(62-25(10)51)34(31)59-22(7)48)66-30-27(14-54-17(2)43)63-38(52-12-11-41)35(60-23(8)49)33(30)58-21(6)47/h26-40H,11-15H2,1-10H3/t26-,27-,28-,29+,30-,31+,32+,33+,34+,35-,36-,37-,38-,39?,40+/m1/s1/i1D,4D,5D,9D. The summed E-state index contributed by atoms with van der Waals surface area (Å²) in [5.74, 6) is -11.0. The molecule has 0 aromatic rings. The van der Waals surface area contributed by atoms with Crippen molar-refractivity contribution in [3.05, 3.63) is 0 Å². The Balaban J connectivity index is 2.34. The van der Waals surface area contributed by atoms with Crippen molar-refractivity contribution in [2.24, 2.45) is 0 Å². The summed E-state index contributed by atoms with van der Waals surface area (Å²) >= 11 is 3.21. The molecule has 0 amide bonds. The molecule has 0 radical (unpaired) electrons. The third kappa shape index (κ3) is 17.5. The maximum Gasteiger partial charge on any atom is 0.303 e. The normalized spacial score (nSPS) is 32.1. The molecule has 0 N–H and O–H groups in total. The van der Waals surface area contributed by atoms with E-state index in [0.29, 0.717) is 0 Å². The van der Waals surface area contributed by atoms with Crippen molar-refractivity contribution in [3.8, 4) is 0 Å². The van der Waals surface area contributed by atoms with Crippen LogP contribution in [0.4, 0.5) is 0 Å². The van der Waals surface area contributed by atoms with Gasteiger partial charge in [-0.15, -0.1) is 0 Å². The van der Waals surface area contributed by atoms with Crippen LogP contribution in [0.25, 0.3) is 0 Å². The van der Waals surface area contributed by atoms with E-state index in [4.69, 9.17) is 81.3 Å². The molecule has 0 aromatic carbocycles. The summed E-state index contributed by atoms with van der Waals surface area (Å²) in [6, 6.07) is 0. The number of hydrogen-bond acceptors (Lipinski definition) is 26. The molecule has 3 saturated heterocycles. The van der Waals surface area contributed by atoms with E-state index in [-0.39, 0.29) is 11.9 Å². The van der Waals surface area contributed by atoms with Gasteiger partial charge in [0.1, 0.15) is 50.3 Å². The topological polar surface area (TPSA) is 318 Å². The van der Waals surface area contributed by atoms with Gasteiger partial charge in [-0.2, -0.15) is 0 Å². The molecule has 0 aromatic heterocycles. The monoisotopic (exact) mass is 1030 g/mol. The summed E-state index contributed by atoms with van der Waals surface area (Å²) < 4.78 is 121. The lowest BCUT2D eigenvalue weighted by molar-refractivity contribution is -0.380. The predicted molar refractivity (Wildman–Crippen MR) is 214 cm³/mol. The lowest BCUT2D eigenvalue weighted by Crippen LogP contribution is -2.69. The zero-order valence-corrected chi connectivity index (χ0v) is 38.6. The average molecular weight is 1040 g/mol. The van der Waals surface area contributed by atoms with Crippen LogP contribution in [0.2, 0.25) is 0 Å².